The van der Waals surface area contributed by atoms with Gasteiger partial charge in [0.25, 0.3) is 0 Å². The van der Waals surface area contributed by atoms with E-state index in [-0.39, 0.29) is 46.7 Å². The number of amides is 8. The Morgan fingerprint density at radius 2 is 0.819 bits per heavy atom. The molecule has 8 N–H and O–H groups in total. The van der Waals surface area contributed by atoms with Gasteiger partial charge >= 0.3 is 11.9 Å². The van der Waals surface area contributed by atoms with Crippen molar-refractivity contribution in [3.8, 4) is 0 Å². The normalized spacial score (nSPS) is 31.3. The van der Waals surface area contributed by atoms with Crippen molar-refractivity contribution in [1.29, 1.82) is 0 Å². The second-order valence-electron chi connectivity index (χ2n) is 19.6. The fraction of sp³-hybridized carbons (Fsp3) is 0.708. The van der Waals surface area contributed by atoms with Gasteiger partial charge in [0.05, 0.1) is 12.8 Å². The first-order valence-electron chi connectivity index (χ1n) is 24.6. The molecule has 0 spiro atoms. The molecule has 4 heterocycles. The maximum atomic E-state index is 13.7. The third kappa shape index (κ3) is 18.2. The summed E-state index contributed by atoms with van der Waals surface area (Å²) in [5, 5.41) is 21.2. The number of nitrogens with one attached hydrogen (secondary N) is 8. The highest BCUT2D eigenvalue weighted by Gasteiger charge is 2.41. The van der Waals surface area contributed by atoms with E-state index < -0.39 is 132 Å². The molecule has 0 aromatic carbocycles. The Balaban J connectivity index is 1.40. The van der Waals surface area contributed by atoms with Gasteiger partial charge in [-0.05, 0) is 48.7 Å². The number of hydrogen-bond acceptors (Lipinski definition) is 16. The van der Waals surface area contributed by atoms with Crippen LogP contribution in [0.2, 0.25) is 0 Å². The smallest absolute Gasteiger partial charge is 0.329 e. The molecule has 20 nitrogen and oxygen atoms in total. The number of ether oxygens (including phenoxy) is 2. The Morgan fingerprint density at radius 1 is 0.472 bits per heavy atom. The van der Waals surface area contributed by atoms with Crippen molar-refractivity contribution in [2.45, 2.75) is 166 Å². The van der Waals surface area contributed by atoms with Crippen LogP contribution < -0.4 is 42.5 Å². The highest BCUT2D eigenvalue weighted by atomic mass is 33.1. The average Bonchev–Trinajstić information content (AvgIpc) is 3.53. The molecule has 402 valence electrons. The molecule has 4 aliphatic rings. The third-order valence-electron chi connectivity index (χ3n) is 12.2. The van der Waals surface area contributed by atoms with Gasteiger partial charge in [0, 0.05) is 33.5 Å². The molecule has 24 heteroatoms. The van der Waals surface area contributed by atoms with E-state index in [1.54, 1.807) is 115 Å². The molecule has 4 bridgehead atoms. The van der Waals surface area contributed by atoms with Gasteiger partial charge in [-0.1, -0.05) is 103 Å². The number of allylic oxidation sites excluding steroid dienone is 2. The van der Waals surface area contributed by atoms with Crippen LogP contribution >= 0.6 is 45.1 Å². The zero-order chi connectivity index (χ0) is 53.4. The van der Waals surface area contributed by atoms with E-state index in [0.29, 0.717) is 24.3 Å². The van der Waals surface area contributed by atoms with Crippen LogP contribution in [0.1, 0.15) is 94.9 Å². The lowest BCUT2D eigenvalue weighted by molar-refractivity contribution is -0.154. The van der Waals surface area contributed by atoms with Crippen molar-refractivity contribution >= 4 is 104 Å². The number of carbonyl (C=O) groups excluding carboxylic acids is 10. The molecule has 4 rings (SSSR count). The Kier molecular flexibility index (Phi) is 24.1. The molecular weight excluding hydrogens is 1010 g/mol. The van der Waals surface area contributed by atoms with E-state index in [1.165, 1.54) is 23.5 Å². The Hall–Kier alpha value is -4.42. The molecule has 4 fully saturated rings. The van der Waals surface area contributed by atoms with E-state index in [2.05, 4.69) is 42.5 Å². The lowest BCUT2D eigenvalue weighted by Gasteiger charge is -2.28. The zero-order valence-electron chi connectivity index (χ0n) is 42.7. The van der Waals surface area contributed by atoms with Crippen LogP contribution in [-0.4, -0.2) is 153 Å². The minimum atomic E-state index is -1.08. The zero-order valence-corrected chi connectivity index (χ0v) is 46.0. The molecule has 0 radical (unpaired) electrons. The maximum absolute atomic E-state index is 13.7. The first-order chi connectivity index (χ1) is 34.0. The quantitative estimate of drug-likeness (QED) is 0.0564. The fourth-order valence-corrected chi connectivity index (χ4v) is 12.1. The Bertz CT molecular complexity index is 1900. The molecule has 8 amide bonds. The van der Waals surface area contributed by atoms with E-state index >= 15 is 0 Å². The van der Waals surface area contributed by atoms with Gasteiger partial charge in [-0.15, -0.1) is 0 Å². The minimum absolute atomic E-state index is 0.204. The van der Waals surface area contributed by atoms with Crippen molar-refractivity contribution in [2.24, 2.45) is 23.7 Å². The third-order valence-corrected chi connectivity index (χ3v) is 17.3. The molecule has 12 atom stereocenters. The van der Waals surface area contributed by atoms with Crippen molar-refractivity contribution < 1.29 is 57.4 Å². The second kappa shape index (κ2) is 28.9. The minimum Gasteiger partial charge on any atom is -0.456 e. The van der Waals surface area contributed by atoms with Gasteiger partial charge in [0.15, 0.2) is 0 Å². The lowest BCUT2D eigenvalue weighted by Crippen LogP contribution is -2.59. The molecule has 72 heavy (non-hydrogen) atoms. The van der Waals surface area contributed by atoms with Gasteiger partial charge in [-0.2, -0.15) is 23.5 Å². The van der Waals surface area contributed by atoms with Crippen molar-refractivity contribution in [1.82, 2.24) is 42.5 Å². The van der Waals surface area contributed by atoms with Crippen LogP contribution in [0.5, 0.6) is 0 Å². The molecule has 4 aliphatic heterocycles. The van der Waals surface area contributed by atoms with Crippen molar-refractivity contribution in [2.75, 3.05) is 23.0 Å². The van der Waals surface area contributed by atoms with E-state index in [0.717, 1.165) is 0 Å². The summed E-state index contributed by atoms with van der Waals surface area (Å²) in [7, 11) is 3.14. The molecule has 4 unspecified atom stereocenters. The summed E-state index contributed by atoms with van der Waals surface area (Å²) in [6.45, 7) is 17.6. The van der Waals surface area contributed by atoms with Gasteiger partial charge in [0.2, 0.25) is 47.3 Å². The summed E-state index contributed by atoms with van der Waals surface area (Å²) in [5.74, 6) is -5.77. The number of hydrogen-bond donors (Lipinski definition) is 8. The Labute approximate surface area is 439 Å². The van der Waals surface area contributed by atoms with Crippen LogP contribution in [0.4, 0.5) is 0 Å². The molecule has 0 saturated carbocycles. The summed E-state index contributed by atoms with van der Waals surface area (Å²) in [6, 6.07) is -8.02. The predicted octanol–water partition coefficient (Wildman–Crippen LogP) is 1.66. The first kappa shape index (κ1) is 60.1. The van der Waals surface area contributed by atoms with Crippen LogP contribution in [-0.2, 0) is 57.4 Å². The standard InChI is InChI=1S/C48H74N8O12S4/c1-23(2)35-43(61)49-31-21-69-27(9)39(55-41(31)59)45(63)53-37(25(5)6)47(65)67-29(19-33(57)51-35)15-11-13-17-71-72-18-14-12-16-30-20-34(58)52-36(24(3)4)44(62)50-32-22-70-28(10)40(56-42(32)60)46(64)54-38(26(7)8)48(66)68-30/h11-12,15-16,23-32,35-40H,13-14,17-22H2,1-10H3,(H,49,61)(H,50,62)(H,51,57)(H,52,58)(H,53,63)(H,54,64)(H,55,59)(H,56,60)/b15-11+,16-12+/t27?,28?,29-,30-,31+,32+,35-,36-,37+,38+,39?,40?/m1/s1. The maximum Gasteiger partial charge on any atom is 0.329 e. The number of thioether (sulfide) groups is 2. The van der Waals surface area contributed by atoms with Crippen molar-refractivity contribution in [3.63, 3.8) is 0 Å². The van der Waals surface area contributed by atoms with E-state index in [4.69, 9.17) is 9.47 Å². The lowest BCUT2D eigenvalue weighted by atomic mass is 10.0. The van der Waals surface area contributed by atoms with Gasteiger partial charge in [-0.3, -0.25) is 38.4 Å². The summed E-state index contributed by atoms with van der Waals surface area (Å²) >= 11 is 2.65. The van der Waals surface area contributed by atoms with Crippen molar-refractivity contribution in [3.05, 3.63) is 24.3 Å². The summed E-state index contributed by atoms with van der Waals surface area (Å²) < 4.78 is 11.7. The number of carbonyl (C=O) groups is 10. The molecule has 0 aliphatic carbocycles. The first-order valence-corrected chi connectivity index (χ1v) is 29.2. The molecule has 0 aromatic heterocycles. The largest absolute Gasteiger partial charge is 0.456 e. The second-order valence-corrected chi connectivity index (χ2v) is 25.2. The van der Waals surface area contributed by atoms with Crippen LogP contribution in [0.25, 0.3) is 0 Å². The SMILES string of the molecule is CC1SC[C@@H]2NC(=O)[C@@H](C(C)C)NC(=O)C[C@@H](/C=C/CCSSCC/C=C/[C@@H]3CC(=O)N[C@H](C(C)C)C(=O)N[C@H]4CSC(C)C(NC4=O)C(=O)N[C@@H](C(C)C)C(=O)O3)OC(=O)[C@H](C(C)C)NC(=O)C1NC2=O. The van der Waals surface area contributed by atoms with E-state index in [1.807, 2.05) is 0 Å². The fourth-order valence-electron chi connectivity index (χ4n) is 7.85. The monoisotopic (exact) mass is 1080 g/mol. The summed E-state index contributed by atoms with van der Waals surface area (Å²) in [4.78, 5) is 135. The van der Waals surface area contributed by atoms with Gasteiger partial charge in [-0.25, -0.2) is 9.59 Å². The molecule has 0 aromatic rings. The average molecular weight is 1080 g/mol. The number of esters is 2. The molecular formula is C48H74N8O12S4. The van der Waals surface area contributed by atoms with Gasteiger partial charge < -0.3 is 52.0 Å². The number of rotatable bonds is 13. The van der Waals surface area contributed by atoms with Gasteiger partial charge in [0.1, 0.15) is 60.5 Å². The summed E-state index contributed by atoms with van der Waals surface area (Å²) in [6.07, 6.45) is 5.22. The van der Waals surface area contributed by atoms with E-state index in [9.17, 15) is 47.9 Å². The highest BCUT2D eigenvalue weighted by Crippen LogP contribution is 2.25. The van der Waals surface area contributed by atoms with Crippen LogP contribution in [0, 0.1) is 23.7 Å². The van der Waals surface area contributed by atoms with Crippen LogP contribution in [0.15, 0.2) is 24.3 Å². The highest BCUT2D eigenvalue weighted by molar-refractivity contribution is 8.76. The number of cyclic esters (lactones) is 2. The predicted molar refractivity (Wildman–Crippen MR) is 280 cm³/mol. The molecule has 4 saturated heterocycles. The summed E-state index contributed by atoms with van der Waals surface area (Å²) in [5.41, 5.74) is 0. The van der Waals surface area contributed by atoms with Crippen LogP contribution in [0.3, 0.4) is 0 Å². The number of fused-ring (bicyclic) bond motifs is 6. The Morgan fingerprint density at radius 3 is 1.15 bits per heavy atom. The topological polar surface area (TPSA) is 285 Å².